The minimum Gasteiger partial charge on any atom is -0.462 e. The van der Waals surface area contributed by atoms with Crippen molar-refractivity contribution in [3.05, 3.63) is 84.2 Å². The molecular weight excluding hydrogens is 542 g/mol. The summed E-state index contributed by atoms with van der Waals surface area (Å²) in [6, 6.07) is 18.6. The fourth-order valence-corrected chi connectivity index (χ4v) is 4.59. The number of carbonyl (C=O) groups is 2. The van der Waals surface area contributed by atoms with Gasteiger partial charge in [-0.05, 0) is 68.8 Å². The summed E-state index contributed by atoms with van der Waals surface area (Å²) in [5.41, 5.74) is 3.48. The number of nitrogens with zero attached hydrogens (tertiary/aromatic N) is 5. The number of unbranched alkanes of at least 4 members (excludes halogenated alkanes) is 5. The molecule has 4 heterocycles. The number of ether oxygens (including phenoxy) is 2. The smallest absolute Gasteiger partial charge is 0.339 e. The van der Waals surface area contributed by atoms with Crippen molar-refractivity contribution < 1.29 is 19.1 Å². The SMILES string of the molecule is CCCCCCCCN(c1cccc(-c2ccc(C(=O)OCC)cn2)n1)c1cccc(-c2ccc(C(=O)OCC)cn2)n1. The Balaban J connectivity index is 1.61. The third-order valence-electron chi connectivity index (χ3n) is 6.83. The maximum atomic E-state index is 12.1. The Morgan fingerprint density at radius 2 is 1.09 bits per heavy atom. The molecule has 0 unspecified atom stereocenters. The van der Waals surface area contributed by atoms with Crippen molar-refractivity contribution >= 4 is 23.6 Å². The van der Waals surface area contributed by atoms with Crippen LogP contribution in [0.25, 0.3) is 22.8 Å². The van der Waals surface area contributed by atoms with E-state index in [1.54, 1.807) is 38.1 Å². The predicted octanol–water partition coefficient (Wildman–Crippen LogP) is 7.45. The Labute approximate surface area is 253 Å². The van der Waals surface area contributed by atoms with Crippen LogP contribution in [-0.2, 0) is 9.47 Å². The minimum absolute atomic E-state index is 0.308. The number of rotatable bonds is 15. The quantitative estimate of drug-likeness (QED) is 0.104. The van der Waals surface area contributed by atoms with Crippen LogP contribution in [0.3, 0.4) is 0 Å². The zero-order chi connectivity index (χ0) is 30.4. The first-order valence-electron chi connectivity index (χ1n) is 15.0. The molecule has 0 N–H and O–H groups in total. The van der Waals surface area contributed by atoms with E-state index < -0.39 is 11.9 Å². The number of aromatic nitrogens is 4. The average Bonchev–Trinajstić information content (AvgIpc) is 3.05. The van der Waals surface area contributed by atoms with Crippen LogP contribution in [0.15, 0.2) is 73.1 Å². The normalized spacial score (nSPS) is 10.8. The number of anilines is 2. The van der Waals surface area contributed by atoms with Crippen molar-refractivity contribution in [1.82, 2.24) is 19.9 Å². The molecular formula is C34H39N5O4. The van der Waals surface area contributed by atoms with Gasteiger partial charge in [-0.25, -0.2) is 19.6 Å². The molecule has 4 rings (SSSR count). The molecule has 224 valence electrons. The highest BCUT2D eigenvalue weighted by Gasteiger charge is 2.16. The molecule has 0 radical (unpaired) electrons. The van der Waals surface area contributed by atoms with Gasteiger partial charge in [-0.3, -0.25) is 9.97 Å². The van der Waals surface area contributed by atoms with Crippen LogP contribution < -0.4 is 4.90 Å². The summed E-state index contributed by atoms with van der Waals surface area (Å²) in [6.07, 6.45) is 10.0. The van der Waals surface area contributed by atoms with Gasteiger partial charge in [0.1, 0.15) is 11.6 Å². The Morgan fingerprint density at radius 3 is 1.53 bits per heavy atom. The number of hydrogen-bond acceptors (Lipinski definition) is 9. The second kappa shape index (κ2) is 16.1. The van der Waals surface area contributed by atoms with Gasteiger partial charge in [-0.15, -0.1) is 0 Å². The van der Waals surface area contributed by atoms with Crippen molar-refractivity contribution in [1.29, 1.82) is 0 Å². The van der Waals surface area contributed by atoms with E-state index in [0.717, 1.165) is 31.0 Å². The Bertz CT molecular complexity index is 1370. The minimum atomic E-state index is -0.399. The Kier molecular flexibility index (Phi) is 11.7. The third-order valence-corrected chi connectivity index (χ3v) is 6.83. The highest BCUT2D eigenvalue weighted by atomic mass is 16.5. The Morgan fingerprint density at radius 1 is 0.605 bits per heavy atom. The molecule has 0 saturated heterocycles. The first kappa shape index (κ1) is 31.3. The number of esters is 2. The average molecular weight is 582 g/mol. The van der Waals surface area contributed by atoms with E-state index in [0.29, 0.717) is 47.1 Å². The van der Waals surface area contributed by atoms with Crippen LogP contribution in [0.2, 0.25) is 0 Å². The second-order valence-corrected chi connectivity index (χ2v) is 9.99. The molecule has 0 aromatic carbocycles. The molecule has 0 atom stereocenters. The molecule has 9 nitrogen and oxygen atoms in total. The lowest BCUT2D eigenvalue weighted by atomic mass is 10.1. The van der Waals surface area contributed by atoms with Crippen molar-refractivity contribution in [2.24, 2.45) is 0 Å². The largest absolute Gasteiger partial charge is 0.462 e. The molecule has 0 amide bonds. The molecule has 0 spiro atoms. The predicted molar refractivity (Wildman–Crippen MR) is 167 cm³/mol. The first-order valence-corrected chi connectivity index (χ1v) is 15.0. The summed E-state index contributed by atoms with van der Waals surface area (Å²) < 4.78 is 10.2. The molecule has 43 heavy (non-hydrogen) atoms. The van der Waals surface area contributed by atoms with Crippen LogP contribution in [0.5, 0.6) is 0 Å². The van der Waals surface area contributed by atoms with Crippen molar-refractivity contribution in [3.63, 3.8) is 0 Å². The lowest BCUT2D eigenvalue weighted by Gasteiger charge is -2.24. The van der Waals surface area contributed by atoms with E-state index >= 15 is 0 Å². The first-order chi connectivity index (χ1) is 21.0. The van der Waals surface area contributed by atoms with Crippen LogP contribution in [-0.4, -0.2) is 51.6 Å². The van der Waals surface area contributed by atoms with E-state index in [9.17, 15) is 9.59 Å². The monoisotopic (exact) mass is 581 g/mol. The standard InChI is InChI=1S/C34H39N5O4/c1-4-7-8-9-10-11-22-39(31-16-12-14-29(37-31)27-20-18-25(23-35-27)33(40)42-5-2)32-17-13-15-30(38-32)28-21-19-26(24-36-28)34(41)43-6-3/h12-21,23-24H,4-11,22H2,1-3H3. The summed E-state index contributed by atoms with van der Waals surface area (Å²) in [5.74, 6) is 0.698. The number of carbonyl (C=O) groups excluding carboxylic acids is 2. The van der Waals surface area contributed by atoms with Crippen molar-refractivity contribution in [3.8, 4) is 22.8 Å². The zero-order valence-electron chi connectivity index (χ0n) is 25.2. The van der Waals surface area contributed by atoms with Crippen LogP contribution in [0.1, 0.15) is 80.0 Å². The van der Waals surface area contributed by atoms with E-state index in [1.807, 2.05) is 36.4 Å². The van der Waals surface area contributed by atoms with Gasteiger partial charge >= 0.3 is 11.9 Å². The lowest BCUT2D eigenvalue weighted by Crippen LogP contribution is -2.21. The highest BCUT2D eigenvalue weighted by molar-refractivity contribution is 5.89. The van der Waals surface area contributed by atoms with Gasteiger partial charge in [-0.1, -0.05) is 51.2 Å². The van der Waals surface area contributed by atoms with E-state index in [2.05, 4.69) is 21.8 Å². The maximum Gasteiger partial charge on any atom is 0.339 e. The molecule has 4 aromatic heterocycles. The number of hydrogen-bond donors (Lipinski definition) is 0. The Hall–Kier alpha value is -4.66. The van der Waals surface area contributed by atoms with Gasteiger partial charge in [0.15, 0.2) is 0 Å². The van der Waals surface area contributed by atoms with Gasteiger partial charge < -0.3 is 14.4 Å². The summed E-state index contributed by atoms with van der Waals surface area (Å²) in [4.78, 5) is 45.1. The highest BCUT2D eigenvalue weighted by Crippen LogP contribution is 2.28. The van der Waals surface area contributed by atoms with Gasteiger partial charge in [0.05, 0.1) is 47.1 Å². The summed E-state index contributed by atoms with van der Waals surface area (Å²) >= 11 is 0. The molecule has 0 aliphatic carbocycles. The van der Waals surface area contributed by atoms with Gasteiger partial charge in [-0.2, -0.15) is 0 Å². The van der Waals surface area contributed by atoms with Gasteiger partial charge in [0.2, 0.25) is 0 Å². The topological polar surface area (TPSA) is 107 Å². The zero-order valence-corrected chi connectivity index (χ0v) is 25.2. The summed E-state index contributed by atoms with van der Waals surface area (Å²) in [6.45, 7) is 7.12. The molecule has 0 saturated carbocycles. The number of pyridine rings is 4. The van der Waals surface area contributed by atoms with Crippen molar-refractivity contribution in [2.45, 2.75) is 59.3 Å². The second-order valence-electron chi connectivity index (χ2n) is 9.99. The van der Waals surface area contributed by atoms with Crippen LogP contribution in [0, 0.1) is 0 Å². The fraction of sp³-hybridized carbons (Fsp3) is 0.353. The maximum absolute atomic E-state index is 12.1. The van der Waals surface area contributed by atoms with E-state index in [1.165, 1.54) is 38.1 Å². The molecule has 0 fully saturated rings. The van der Waals surface area contributed by atoms with Crippen LogP contribution in [0.4, 0.5) is 11.6 Å². The van der Waals surface area contributed by atoms with Gasteiger partial charge in [0, 0.05) is 18.9 Å². The summed E-state index contributed by atoms with van der Waals surface area (Å²) in [7, 11) is 0. The van der Waals surface area contributed by atoms with Gasteiger partial charge in [0.25, 0.3) is 0 Å². The molecule has 4 aromatic rings. The lowest BCUT2D eigenvalue weighted by molar-refractivity contribution is 0.0516. The summed E-state index contributed by atoms with van der Waals surface area (Å²) in [5, 5.41) is 0. The molecule has 0 aliphatic heterocycles. The molecule has 9 heteroatoms. The van der Waals surface area contributed by atoms with E-state index in [-0.39, 0.29) is 0 Å². The van der Waals surface area contributed by atoms with Crippen LogP contribution >= 0.6 is 0 Å². The van der Waals surface area contributed by atoms with E-state index in [4.69, 9.17) is 19.4 Å². The molecule has 0 bridgehead atoms. The molecule has 0 aliphatic rings. The fourth-order valence-electron chi connectivity index (χ4n) is 4.59. The van der Waals surface area contributed by atoms with Crippen molar-refractivity contribution in [2.75, 3.05) is 24.7 Å². The third kappa shape index (κ3) is 8.67.